The molecule has 4 rings (SSSR count). The van der Waals surface area contributed by atoms with Crippen molar-refractivity contribution in [2.75, 3.05) is 24.6 Å². The van der Waals surface area contributed by atoms with Gasteiger partial charge in [-0.15, -0.1) is 0 Å². The van der Waals surface area contributed by atoms with E-state index in [1.165, 1.54) is 22.8 Å². The maximum absolute atomic E-state index is 14.1. The van der Waals surface area contributed by atoms with Crippen LogP contribution in [-0.4, -0.2) is 58.1 Å². The lowest BCUT2D eigenvalue weighted by atomic mass is 10.0. The summed E-state index contributed by atoms with van der Waals surface area (Å²) >= 11 is 0. The molecule has 8 nitrogen and oxygen atoms in total. The third-order valence-electron chi connectivity index (χ3n) is 5.55. The van der Waals surface area contributed by atoms with E-state index >= 15 is 0 Å². The van der Waals surface area contributed by atoms with Crippen molar-refractivity contribution in [2.24, 2.45) is 0 Å². The first kappa shape index (κ1) is 22.9. The van der Waals surface area contributed by atoms with Gasteiger partial charge >= 0.3 is 6.61 Å². The first-order chi connectivity index (χ1) is 15.9. The first-order valence-electron chi connectivity index (χ1n) is 10.4. The molecule has 176 valence electrons. The molecule has 1 aromatic carbocycles. The minimum atomic E-state index is -3.05. The maximum atomic E-state index is 14.1. The van der Waals surface area contributed by atoms with Crippen LogP contribution in [0.1, 0.15) is 34.8 Å². The zero-order chi connectivity index (χ0) is 23.5. The zero-order valence-electron chi connectivity index (χ0n) is 17.5. The maximum Gasteiger partial charge on any atom is 0.387 e. The second-order valence-electron chi connectivity index (χ2n) is 7.77. The topological polar surface area (TPSA) is 99.3 Å². The molecule has 0 bridgehead atoms. The van der Waals surface area contributed by atoms with E-state index in [-0.39, 0.29) is 23.9 Å². The summed E-state index contributed by atoms with van der Waals surface area (Å²) in [5, 5.41) is 25.1. The lowest BCUT2D eigenvalue weighted by molar-refractivity contribution is -0.0500. The van der Waals surface area contributed by atoms with Gasteiger partial charge in [0.05, 0.1) is 36.0 Å². The number of amides is 1. The van der Waals surface area contributed by atoms with Crippen LogP contribution in [0, 0.1) is 5.82 Å². The largest absolute Gasteiger partial charge is 0.435 e. The fraction of sp³-hybridized carbons (Fsp3) is 0.364. The van der Waals surface area contributed by atoms with E-state index in [1.54, 1.807) is 12.3 Å². The predicted octanol–water partition coefficient (Wildman–Crippen LogP) is 2.50. The molecule has 0 saturated carbocycles. The number of ether oxygens (including phenoxy) is 1. The Morgan fingerprint density at radius 3 is 2.88 bits per heavy atom. The molecule has 1 fully saturated rings. The number of aliphatic hydroxyl groups is 2. The number of benzene rings is 1. The zero-order valence-corrected chi connectivity index (χ0v) is 17.5. The van der Waals surface area contributed by atoms with Crippen molar-refractivity contribution in [2.45, 2.75) is 31.6 Å². The van der Waals surface area contributed by atoms with Gasteiger partial charge in [0.1, 0.15) is 11.6 Å². The van der Waals surface area contributed by atoms with Crippen molar-refractivity contribution in [3.63, 3.8) is 0 Å². The number of nitrogens with zero attached hydrogens (tertiary/aromatic N) is 3. The highest BCUT2D eigenvalue weighted by Gasteiger charge is 2.28. The van der Waals surface area contributed by atoms with Crippen LogP contribution in [0.25, 0.3) is 5.52 Å². The summed E-state index contributed by atoms with van der Waals surface area (Å²) in [6.45, 7) is -2.98. The molecule has 3 aromatic rings. The predicted molar refractivity (Wildman–Crippen MR) is 113 cm³/mol. The number of carbonyl (C=O) groups is 1. The summed E-state index contributed by atoms with van der Waals surface area (Å²) in [5.41, 5.74) is 2.09. The molecule has 2 aromatic heterocycles. The SMILES string of the molecule is O=C(NC[C@H](O)CO)c1cnn2ccc(N3CCC[C@@H]3c3cc(F)cc(OC(F)F)c3)cc12. The highest BCUT2D eigenvalue weighted by Crippen LogP contribution is 2.38. The third kappa shape index (κ3) is 5.04. The van der Waals surface area contributed by atoms with Gasteiger partial charge in [-0.2, -0.15) is 13.9 Å². The number of carbonyl (C=O) groups excluding carboxylic acids is 1. The molecule has 33 heavy (non-hydrogen) atoms. The molecule has 0 aliphatic carbocycles. The molecule has 1 aliphatic heterocycles. The van der Waals surface area contributed by atoms with Crippen LogP contribution < -0.4 is 15.0 Å². The number of anilines is 1. The third-order valence-corrected chi connectivity index (χ3v) is 5.55. The normalized spacial score (nSPS) is 17.0. The number of rotatable bonds is 8. The van der Waals surface area contributed by atoms with Crippen LogP contribution in [0.4, 0.5) is 18.9 Å². The second kappa shape index (κ2) is 9.67. The second-order valence-corrected chi connectivity index (χ2v) is 7.77. The van der Waals surface area contributed by atoms with Crippen LogP contribution in [0.15, 0.2) is 42.7 Å². The minimum Gasteiger partial charge on any atom is -0.435 e. The van der Waals surface area contributed by atoms with Crippen molar-refractivity contribution >= 4 is 17.1 Å². The van der Waals surface area contributed by atoms with Crippen molar-refractivity contribution in [3.8, 4) is 5.75 Å². The Morgan fingerprint density at radius 1 is 1.30 bits per heavy atom. The summed E-state index contributed by atoms with van der Waals surface area (Å²) in [4.78, 5) is 14.6. The molecule has 3 N–H and O–H groups in total. The van der Waals surface area contributed by atoms with Crippen LogP contribution >= 0.6 is 0 Å². The monoisotopic (exact) mass is 464 g/mol. The molecule has 0 unspecified atom stereocenters. The molecule has 0 radical (unpaired) electrons. The Hall–Kier alpha value is -3.31. The number of alkyl halides is 2. The van der Waals surface area contributed by atoms with Crippen molar-refractivity contribution in [1.29, 1.82) is 0 Å². The molecule has 3 heterocycles. The quantitative estimate of drug-likeness (QED) is 0.474. The fourth-order valence-electron chi connectivity index (χ4n) is 4.06. The van der Waals surface area contributed by atoms with Gasteiger partial charge in [-0.05, 0) is 42.7 Å². The van der Waals surface area contributed by atoms with Gasteiger partial charge in [-0.3, -0.25) is 4.79 Å². The van der Waals surface area contributed by atoms with Gasteiger partial charge in [0.2, 0.25) is 0 Å². The molecule has 11 heteroatoms. The smallest absolute Gasteiger partial charge is 0.387 e. The van der Waals surface area contributed by atoms with Crippen LogP contribution in [0.3, 0.4) is 0 Å². The number of aromatic nitrogens is 2. The number of nitrogens with one attached hydrogen (secondary N) is 1. The summed E-state index contributed by atoms with van der Waals surface area (Å²) in [7, 11) is 0. The van der Waals surface area contributed by atoms with Crippen molar-refractivity contribution < 1.29 is 32.9 Å². The number of halogens is 3. The summed E-state index contributed by atoms with van der Waals surface area (Å²) < 4.78 is 45.3. The van der Waals surface area contributed by atoms with Gasteiger partial charge < -0.3 is 25.2 Å². The fourth-order valence-corrected chi connectivity index (χ4v) is 4.06. The summed E-state index contributed by atoms with van der Waals surface area (Å²) in [5.74, 6) is -1.35. The van der Waals surface area contributed by atoms with E-state index in [2.05, 4.69) is 15.2 Å². The van der Waals surface area contributed by atoms with Gasteiger partial charge in [0.25, 0.3) is 5.91 Å². The highest BCUT2D eigenvalue weighted by molar-refractivity contribution is 6.01. The Bertz CT molecular complexity index is 1140. The Kier molecular flexibility index (Phi) is 6.70. The van der Waals surface area contributed by atoms with Crippen molar-refractivity contribution in [3.05, 3.63) is 59.7 Å². The summed E-state index contributed by atoms with van der Waals surface area (Å²) in [6, 6.07) is 6.98. The molecule has 1 amide bonds. The molecule has 2 atom stereocenters. The van der Waals surface area contributed by atoms with Crippen LogP contribution in [0.2, 0.25) is 0 Å². The standard InChI is InChI=1S/C22H23F3N4O4/c23-14-6-13(7-17(8-14)33-22(24)25)19-2-1-4-28(19)15-3-5-29-20(9-15)18(11-27-29)21(32)26-10-16(31)12-30/h3,5-9,11,16,19,22,30-31H,1-2,4,10,12H2,(H,26,32)/t16-,19+/m0/s1. The summed E-state index contributed by atoms with van der Waals surface area (Å²) in [6.07, 6.45) is 3.53. The van der Waals surface area contributed by atoms with E-state index in [4.69, 9.17) is 5.11 Å². The van der Waals surface area contributed by atoms with Crippen LogP contribution in [0.5, 0.6) is 5.75 Å². The van der Waals surface area contributed by atoms with Crippen molar-refractivity contribution in [1.82, 2.24) is 14.9 Å². The number of aliphatic hydroxyl groups excluding tert-OH is 2. The minimum absolute atomic E-state index is 0.108. The Labute approximate surface area is 187 Å². The Balaban J connectivity index is 1.62. The van der Waals surface area contributed by atoms with E-state index < -0.39 is 31.0 Å². The Morgan fingerprint density at radius 2 is 2.12 bits per heavy atom. The number of pyridine rings is 1. The van der Waals surface area contributed by atoms with Crippen LogP contribution in [-0.2, 0) is 0 Å². The lowest BCUT2D eigenvalue weighted by Crippen LogP contribution is -2.33. The van der Waals surface area contributed by atoms with E-state index in [0.717, 1.165) is 18.2 Å². The van der Waals surface area contributed by atoms with Gasteiger partial charge in [0.15, 0.2) is 0 Å². The average molecular weight is 464 g/mol. The van der Waals surface area contributed by atoms with E-state index in [9.17, 15) is 23.1 Å². The van der Waals surface area contributed by atoms with E-state index in [0.29, 0.717) is 24.0 Å². The average Bonchev–Trinajstić information content (AvgIpc) is 3.43. The van der Waals surface area contributed by atoms with Gasteiger partial charge in [-0.25, -0.2) is 8.91 Å². The molecular weight excluding hydrogens is 441 g/mol. The van der Waals surface area contributed by atoms with Gasteiger partial charge in [-0.1, -0.05) is 0 Å². The van der Waals surface area contributed by atoms with E-state index in [1.807, 2.05) is 11.0 Å². The number of hydrogen-bond acceptors (Lipinski definition) is 6. The van der Waals surface area contributed by atoms with Gasteiger partial charge in [0, 0.05) is 31.0 Å². The molecule has 0 spiro atoms. The molecule has 1 saturated heterocycles. The number of hydrogen-bond donors (Lipinski definition) is 3. The first-order valence-corrected chi connectivity index (χ1v) is 10.4. The highest BCUT2D eigenvalue weighted by atomic mass is 19.3. The number of fused-ring (bicyclic) bond motifs is 1. The molecule has 1 aliphatic rings. The lowest BCUT2D eigenvalue weighted by Gasteiger charge is -2.27. The molecular formula is C22H23F3N4O4.